The zero-order valence-corrected chi connectivity index (χ0v) is 7.68. The van der Waals surface area contributed by atoms with Gasteiger partial charge in [-0.05, 0) is 0 Å². The molecule has 0 fully saturated rings. The Morgan fingerprint density at radius 1 is 1.25 bits per heavy atom. The number of rotatable bonds is 2. The molecule has 0 bridgehead atoms. The Morgan fingerprint density at radius 2 is 1.94 bits per heavy atom. The van der Waals surface area contributed by atoms with E-state index in [1.54, 1.807) is 0 Å². The first-order valence-corrected chi connectivity index (χ1v) is 4.12. The number of pyridine rings is 1. The highest BCUT2D eigenvalue weighted by Crippen LogP contribution is 2.14. The van der Waals surface area contributed by atoms with Crippen LogP contribution in [-0.2, 0) is 0 Å². The number of H-pyrrole nitrogens is 1. The van der Waals surface area contributed by atoms with Crippen molar-refractivity contribution in [2.75, 3.05) is 0 Å². The van der Waals surface area contributed by atoms with Crippen LogP contribution in [0.2, 0.25) is 0 Å². The van der Waals surface area contributed by atoms with Gasteiger partial charge in [-0.1, -0.05) is 0 Å². The smallest absolute Gasteiger partial charge is 0.371 e. The number of carboxylic acids is 2. The average molecular weight is 223 g/mol. The Hall–Kier alpha value is -2.57. The van der Waals surface area contributed by atoms with Gasteiger partial charge in [0.15, 0.2) is 0 Å². The lowest BCUT2D eigenvalue weighted by Crippen LogP contribution is -2.14. The van der Waals surface area contributed by atoms with Crippen molar-refractivity contribution < 1.29 is 24.2 Å². The normalized spacial score (nSPS) is 10.5. The summed E-state index contributed by atoms with van der Waals surface area (Å²) in [6.45, 7) is 0. The minimum absolute atomic E-state index is 0.0626. The fourth-order valence-electron chi connectivity index (χ4n) is 1.28. The van der Waals surface area contributed by atoms with Crippen molar-refractivity contribution in [3.8, 4) is 0 Å². The second-order valence-corrected chi connectivity index (χ2v) is 3.00. The van der Waals surface area contributed by atoms with Crippen molar-refractivity contribution >= 4 is 23.0 Å². The Balaban J connectivity index is 2.80. The van der Waals surface area contributed by atoms with Crippen LogP contribution in [0.25, 0.3) is 11.1 Å². The van der Waals surface area contributed by atoms with Crippen LogP contribution in [0.1, 0.15) is 20.9 Å². The molecule has 0 saturated heterocycles. The lowest BCUT2D eigenvalue weighted by molar-refractivity contribution is 0.0661. The number of hydrogen-bond acceptors (Lipinski definition) is 4. The van der Waals surface area contributed by atoms with Gasteiger partial charge in [0.1, 0.15) is 5.56 Å². The van der Waals surface area contributed by atoms with Crippen molar-refractivity contribution in [3.05, 3.63) is 33.8 Å². The van der Waals surface area contributed by atoms with Crippen LogP contribution in [0.15, 0.2) is 21.5 Å². The maximum absolute atomic E-state index is 11.6. The molecule has 0 saturated carbocycles. The molecule has 2 aromatic heterocycles. The van der Waals surface area contributed by atoms with Crippen LogP contribution >= 0.6 is 0 Å². The molecule has 16 heavy (non-hydrogen) atoms. The van der Waals surface area contributed by atoms with Gasteiger partial charge in [-0.25, -0.2) is 9.59 Å². The largest absolute Gasteiger partial charge is 0.477 e. The zero-order chi connectivity index (χ0) is 11.9. The van der Waals surface area contributed by atoms with Crippen LogP contribution in [0.4, 0.5) is 0 Å². The summed E-state index contributed by atoms with van der Waals surface area (Å²) in [5.74, 6) is -3.15. The second kappa shape index (κ2) is 3.23. The highest BCUT2D eigenvalue weighted by Gasteiger charge is 2.17. The molecule has 0 spiro atoms. The van der Waals surface area contributed by atoms with E-state index in [1.165, 1.54) is 0 Å². The van der Waals surface area contributed by atoms with Crippen molar-refractivity contribution in [2.45, 2.75) is 0 Å². The van der Waals surface area contributed by atoms with Gasteiger partial charge in [-0.3, -0.25) is 4.79 Å². The van der Waals surface area contributed by atoms with Crippen LogP contribution in [0.3, 0.4) is 0 Å². The Bertz CT molecular complexity index is 650. The van der Waals surface area contributed by atoms with Gasteiger partial charge >= 0.3 is 11.9 Å². The molecule has 0 aliphatic carbocycles. The average Bonchev–Trinajstić information content (AvgIpc) is 2.62. The second-order valence-electron chi connectivity index (χ2n) is 3.00. The predicted octanol–water partition coefficient (Wildman–Crippen LogP) is 0.517. The van der Waals surface area contributed by atoms with Gasteiger partial charge in [0.05, 0.1) is 5.39 Å². The summed E-state index contributed by atoms with van der Waals surface area (Å²) in [4.78, 5) is 35.2. The molecule has 0 aliphatic heterocycles. The summed E-state index contributed by atoms with van der Waals surface area (Å²) in [7, 11) is 0. The number of aromatic nitrogens is 1. The molecule has 82 valence electrons. The van der Waals surface area contributed by atoms with Gasteiger partial charge in [-0.15, -0.1) is 0 Å². The van der Waals surface area contributed by atoms with E-state index in [-0.39, 0.29) is 11.1 Å². The van der Waals surface area contributed by atoms with E-state index >= 15 is 0 Å². The topological polar surface area (TPSA) is 121 Å². The lowest BCUT2D eigenvalue weighted by atomic mass is 10.2. The molecule has 2 heterocycles. The van der Waals surface area contributed by atoms with Gasteiger partial charge in [0, 0.05) is 12.3 Å². The van der Waals surface area contributed by atoms with Crippen molar-refractivity contribution in [1.82, 2.24) is 4.98 Å². The van der Waals surface area contributed by atoms with Crippen molar-refractivity contribution in [1.29, 1.82) is 0 Å². The minimum Gasteiger partial charge on any atom is -0.477 e. The first-order chi connectivity index (χ1) is 7.50. The molecule has 7 heteroatoms. The van der Waals surface area contributed by atoms with Crippen molar-refractivity contribution in [2.24, 2.45) is 0 Å². The molecule has 0 radical (unpaired) electrons. The number of hydrogen-bond donors (Lipinski definition) is 3. The summed E-state index contributed by atoms with van der Waals surface area (Å²) < 4.78 is 4.80. The van der Waals surface area contributed by atoms with E-state index in [2.05, 4.69) is 4.98 Å². The van der Waals surface area contributed by atoms with Crippen LogP contribution < -0.4 is 5.43 Å². The monoisotopic (exact) mass is 223 g/mol. The third kappa shape index (κ3) is 1.34. The molecular weight excluding hydrogens is 218 g/mol. The third-order valence-electron chi connectivity index (χ3n) is 2.01. The van der Waals surface area contributed by atoms with Crippen LogP contribution in [0, 0.1) is 0 Å². The molecular formula is C9H5NO6. The van der Waals surface area contributed by atoms with E-state index in [9.17, 15) is 14.4 Å². The van der Waals surface area contributed by atoms with E-state index in [1.807, 2.05) is 0 Å². The van der Waals surface area contributed by atoms with Gasteiger partial charge < -0.3 is 19.6 Å². The van der Waals surface area contributed by atoms with Crippen LogP contribution in [0.5, 0.6) is 0 Å². The van der Waals surface area contributed by atoms with Gasteiger partial charge in [0.25, 0.3) is 0 Å². The first-order valence-electron chi connectivity index (χ1n) is 4.12. The molecule has 0 atom stereocenters. The molecule has 2 rings (SSSR count). The summed E-state index contributed by atoms with van der Waals surface area (Å²) in [5.41, 5.74) is -1.31. The molecule has 7 nitrogen and oxygen atoms in total. The number of fused-ring (bicyclic) bond motifs is 1. The summed E-state index contributed by atoms with van der Waals surface area (Å²) >= 11 is 0. The van der Waals surface area contributed by atoms with E-state index < -0.39 is 28.7 Å². The highest BCUT2D eigenvalue weighted by molar-refractivity contribution is 5.94. The molecule has 3 N–H and O–H groups in total. The minimum atomic E-state index is -1.39. The van der Waals surface area contributed by atoms with Gasteiger partial charge in [-0.2, -0.15) is 0 Å². The fraction of sp³-hybridized carbons (Fsp3) is 0. The number of nitrogens with one attached hydrogen (secondary N) is 1. The fourth-order valence-corrected chi connectivity index (χ4v) is 1.28. The number of carbonyl (C=O) groups is 2. The molecule has 0 aliphatic rings. The maximum atomic E-state index is 11.6. The maximum Gasteiger partial charge on any atom is 0.371 e. The first kappa shape index (κ1) is 9.97. The van der Waals surface area contributed by atoms with E-state index in [0.717, 1.165) is 12.3 Å². The summed E-state index contributed by atoms with van der Waals surface area (Å²) in [6.07, 6.45) is 0.960. The quantitative estimate of drug-likeness (QED) is 0.682. The zero-order valence-electron chi connectivity index (χ0n) is 7.68. The Morgan fingerprint density at radius 3 is 2.50 bits per heavy atom. The predicted molar refractivity (Wildman–Crippen MR) is 50.8 cm³/mol. The molecule has 0 amide bonds. The standard InChI is InChI=1S/C9H5NO6/c11-6-3-1-5(9(14)15)16-7(3)10-2-4(6)8(12)13/h1-2H,(H,10,11)(H,12,13)(H,14,15). The summed E-state index contributed by atoms with van der Waals surface area (Å²) in [5, 5.41) is 17.2. The van der Waals surface area contributed by atoms with Gasteiger partial charge in [0.2, 0.25) is 16.9 Å². The van der Waals surface area contributed by atoms with E-state index in [0.29, 0.717) is 0 Å². The molecule has 0 unspecified atom stereocenters. The number of aromatic amines is 1. The number of carboxylic acid groups (broad SMARTS) is 2. The molecule has 2 aromatic rings. The summed E-state index contributed by atoms with van der Waals surface area (Å²) in [6, 6.07) is 0.989. The number of aromatic carboxylic acids is 2. The van der Waals surface area contributed by atoms with E-state index in [4.69, 9.17) is 14.6 Å². The van der Waals surface area contributed by atoms with Crippen LogP contribution in [-0.4, -0.2) is 27.1 Å². The lowest BCUT2D eigenvalue weighted by Gasteiger charge is -1.92. The Labute approximate surface area is 86.9 Å². The highest BCUT2D eigenvalue weighted by atomic mass is 16.4. The SMILES string of the molecule is O=C(O)c1cc2c(=O)c(C(=O)O)c[nH]c2o1. The van der Waals surface area contributed by atoms with Crippen molar-refractivity contribution in [3.63, 3.8) is 0 Å². The third-order valence-corrected chi connectivity index (χ3v) is 2.01. The molecule has 0 aromatic carbocycles. The Kier molecular flexibility index (Phi) is 2.01. The number of furan rings is 1.